The monoisotopic (exact) mass is 374 g/mol. The fourth-order valence-electron chi connectivity index (χ4n) is 2.69. The van der Waals surface area contributed by atoms with E-state index < -0.39 is 11.7 Å². The molecule has 0 spiro atoms. The second-order valence-corrected chi connectivity index (χ2v) is 5.80. The van der Waals surface area contributed by atoms with Crippen LogP contribution in [-0.4, -0.2) is 46.3 Å². The maximum absolute atomic E-state index is 12.8. The number of piperazine rings is 1. The summed E-state index contributed by atoms with van der Waals surface area (Å²) < 4.78 is 39.7. The Bertz CT molecular complexity index is 747. The van der Waals surface area contributed by atoms with Gasteiger partial charge in [0.05, 0.1) is 11.3 Å². The highest BCUT2D eigenvalue weighted by molar-refractivity contribution is 5.92. The van der Waals surface area contributed by atoms with Crippen LogP contribution in [0.2, 0.25) is 0 Å². The first kappa shape index (κ1) is 19.3. The molecule has 25 heavy (non-hydrogen) atoms. The van der Waals surface area contributed by atoms with E-state index in [2.05, 4.69) is 10.4 Å². The summed E-state index contributed by atoms with van der Waals surface area (Å²) in [7, 11) is 0. The highest BCUT2D eigenvalue weighted by Gasteiger charge is 2.30. The van der Waals surface area contributed by atoms with Crippen LogP contribution in [0.4, 0.5) is 13.2 Å². The quantitative estimate of drug-likeness (QED) is 0.879. The normalized spacial score (nSPS) is 17.9. The molecule has 0 saturated carbocycles. The lowest BCUT2D eigenvalue weighted by Crippen LogP contribution is -2.51. The summed E-state index contributed by atoms with van der Waals surface area (Å²) in [5.41, 5.74) is -0.265. The van der Waals surface area contributed by atoms with Gasteiger partial charge in [0, 0.05) is 31.9 Å². The Morgan fingerprint density at radius 3 is 2.76 bits per heavy atom. The van der Waals surface area contributed by atoms with Crippen molar-refractivity contribution in [2.45, 2.75) is 19.1 Å². The van der Waals surface area contributed by atoms with Gasteiger partial charge in [-0.3, -0.25) is 4.79 Å². The van der Waals surface area contributed by atoms with E-state index in [1.54, 1.807) is 4.90 Å². The molecule has 2 heterocycles. The number of alkyl halides is 3. The van der Waals surface area contributed by atoms with Gasteiger partial charge in [-0.2, -0.15) is 18.3 Å². The van der Waals surface area contributed by atoms with Gasteiger partial charge < -0.3 is 10.2 Å². The second kappa shape index (κ2) is 7.45. The summed E-state index contributed by atoms with van der Waals surface area (Å²) in [6.45, 7) is 3.86. The Morgan fingerprint density at radius 2 is 2.08 bits per heavy atom. The molecule has 1 atom stereocenters. The molecule has 1 aromatic heterocycles. The van der Waals surface area contributed by atoms with Crippen LogP contribution in [0.25, 0.3) is 5.69 Å². The first-order chi connectivity index (χ1) is 11.3. The molecular formula is C16H18ClF3N4O. The van der Waals surface area contributed by atoms with Crippen LogP contribution < -0.4 is 5.32 Å². The summed E-state index contributed by atoms with van der Waals surface area (Å²) in [4.78, 5) is 14.2. The van der Waals surface area contributed by atoms with Gasteiger partial charge in [-0.25, -0.2) is 4.68 Å². The van der Waals surface area contributed by atoms with E-state index in [4.69, 9.17) is 0 Å². The van der Waals surface area contributed by atoms with Crippen molar-refractivity contribution in [3.05, 3.63) is 47.8 Å². The molecule has 0 aliphatic carbocycles. The van der Waals surface area contributed by atoms with Gasteiger partial charge in [-0.1, -0.05) is 6.07 Å². The number of carbonyl (C=O) groups is 1. The molecule has 0 radical (unpaired) electrons. The zero-order chi connectivity index (χ0) is 17.3. The van der Waals surface area contributed by atoms with Gasteiger partial charge in [-0.05, 0) is 31.2 Å². The van der Waals surface area contributed by atoms with Gasteiger partial charge in [0.1, 0.15) is 0 Å². The topological polar surface area (TPSA) is 50.2 Å². The lowest BCUT2D eigenvalue weighted by molar-refractivity contribution is -0.137. The number of amides is 1. The third kappa shape index (κ3) is 4.32. The molecule has 9 heteroatoms. The van der Waals surface area contributed by atoms with Crippen molar-refractivity contribution >= 4 is 18.3 Å². The predicted molar refractivity (Wildman–Crippen MR) is 89.2 cm³/mol. The lowest BCUT2D eigenvalue weighted by Gasteiger charge is -2.31. The molecule has 1 N–H and O–H groups in total. The Morgan fingerprint density at radius 1 is 1.32 bits per heavy atom. The molecule has 1 aliphatic heterocycles. The number of hydrogen-bond donors (Lipinski definition) is 1. The van der Waals surface area contributed by atoms with Crippen LogP contribution in [0.3, 0.4) is 0 Å². The average Bonchev–Trinajstić information content (AvgIpc) is 3.03. The van der Waals surface area contributed by atoms with Gasteiger partial charge in [0.2, 0.25) is 0 Å². The standard InChI is InChI=1S/C16H17F3N4O.ClH/c1-11-10-22(8-6-20-11)15(24)14-5-7-23(21-14)13-4-2-3-12(9-13)16(17,18)19;/h2-5,7,9,11,20H,6,8,10H2,1H3;1H. The minimum atomic E-state index is -4.42. The average molecular weight is 375 g/mol. The molecule has 2 aromatic rings. The van der Waals surface area contributed by atoms with Crippen molar-refractivity contribution in [2.75, 3.05) is 19.6 Å². The van der Waals surface area contributed by atoms with Crippen molar-refractivity contribution in [1.82, 2.24) is 20.0 Å². The number of nitrogens with zero attached hydrogens (tertiary/aromatic N) is 3. The second-order valence-electron chi connectivity index (χ2n) is 5.80. The third-order valence-corrected chi connectivity index (χ3v) is 3.90. The molecule has 5 nitrogen and oxygen atoms in total. The molecule has 1 aromatic carbocycles. The van der Waals surface area contributed by atoms with E-state index in [-0.39, 0.29) is 35.7 Å². The SMILES string of the molecule is CC1CN(C(=O)c2ccn(-c3cccc(C(F)(F)F)c3)n2)CCN1.Cl. The predicted octanol–water partition coefficient (Wildman–Crippen LogP) is 2.75. The van der Waals surface area contributed by atoms with E-state index in [9.17, 15) is 18.0 Å². The van der Waals surface area contributed by atoms with Crippen molar-refractivity contribution in [1.29, 1.82) is 0 Å². The van der Waals surface area contributed by atoms with Gasteiger partial charge in [0.25, 0.3) is 5.91 Å². The Kier molecular flexibility index (Phi) is 5.74. The number of benzene rings is 1. The summed E-state index contributed by atoms with van der Waals surface area (Å²) in [6.07, 6.45) is -2.92. The van der Waals surface area contributed by atoms with Crippen molar-refractivity contribution < 1.29 is 18.0 Å². The Balaban J connectivity index is 0.00000225. The number of halogens is 4. The molecule has 1 aliphatic rings. The summed E-state index contributed by atoms with van der Waals surface area (Å²) in [5.74, 6) is -0.214. The van der Waals surface area contributed by atoms with Crippen molar-refractivity contribution in [3.63, 3.8) is 0 Å². The molecule has 136 valence electrons. The first-order valence-corrected chi connectivity index (χ1v) is 7.60. The van der Waals surface area contributed by atoms with Gasteiger partial charge >= 0.3 is 6.18 Å². The zero-order valence-electron chi connectivity index (χ0n) is 13.5. The summed E-state index contributed by atoms with van der Waals surface area (Å²) in [6, 6.07) is 6.57. The number of carbonyl (C=O) groups excluding carboxylic acids is 1. The number of aromatic nitrogens is 2. The van der Waals surface area contributed by atoms with Crippen molar-refractivity contribution in [2.24, 2.45) is 0 Å². The summed E-state index contributed by atoms with van der Waals surface area (Å²) >= 11 is 0. The smallest absolute Gasteiger partial charge is 0.334 e. The first-order valence-electron chi connectivity index (χ1n) is 7.60. The van der Waals surface area contributed by atoms with Crippen molar-refractivity contribution in [3.8, 4) is 5.69 Å². The molecule has 1 fully saturated rings. The van der Waals surface area contributed by atoms with E-state index >= 15 is 0 Å². The third-order valence-electron chi connectivity index (χ3n) is 3.90. The highest BCUT2D eigenvalue weighted by atomic mass is 35.5. The van der Waals surface area contributed by atoms with Crippen LogP contribution in [0.15, 0.2) is 36.5 Å². The number of hydrogen-bond acceptors (Lipinski definition) is 3. The number of rotatable bonds is 2. The maximum atomic E-state index is 12.8. The Labute approximate surface area is 149 Å². The molecule has 3 rings (SSSR count). The van der Waals surface area contributed by atoms with E-state index in [1.807, 2.05) is 6.92 Å². The minimum absolute atomic E-state index is 0. The van der Waals surface area contributed by atoms with E-state index in [1.165, 1.54) is 29.1 Å². The summed E-state index contributed by atoms with van der Waals surface area (Å²) in [5, 5.41) is 7.39. The van der Waals surface area contributed by atoms with E-state index in [0.29, 0.717) is 19.6 Å². The van der Waals surface area contributed by atoms with E-state index in [0.717, 1.165) is 12.1 Å². The van der Waals surface area contributed by atoms with Crippen LogP contribution in [0.1, 0.15) is 23.0 Å². The zero-order valence-corrected chi connectivity index (χ0v) is 14.3. The van der Waals surface area contributed by atoms with Gasteiger partial charge in [-0.15, -0.1) is 12.4 Å². The molecule has 1 saturated heterocycles. The largest absolute Gasteiger partial charge is 0.416 e. The van der Waals surface area contributed by atoms with Crippen LogP contribution in [0, 0.1) is 0 Å². The van der Waals surface area contributed by atoms with Crippen LogP contribution in [-0.2, 0) is 6.18 Å². The fourth-order valence-corrected chi connectivity index (χ4v) is 2.69. The highest BCUT2D eigenvalue weighted by Crippen LogP contribution is 2.30. The number of nitrogens with one attached hydrogen (secondary N) is 1. The Hall–Kier alpha value is -2.06. The van der Waals surface area contributed by atoms with Crippen LogP contribution >= 0.6 is 12.4 Å². The van der Waals surface area contributed by atoms with Crippen LogP contribution in [0.5, 0.6) is 0 Å². The maximum Gasteiger partial charge on any atom is 0.416 e. The lowest BCUT2D eigenvalue weighted by atomic mass is 10.2. The molecule has 0 bridgehead atoms. The molecular weight excluding hydrogens is 357 g/mol. The molecule has 1 amide bonds. The molecule has 1 unspecified atom stereocenters. The minimum Gasteiger partial charge on any atom is -0.334 e. The van der Waals surface area contributed by atoms with Gasteiger partial charge in [0.15, 0.2) is 5.69 Å². The fraction of sp³-hybridized carbons (Fsp3) is 0.375.